The lowest BCUT2D eigenvalue weighted by Crippen LogP contribution is -2.36. The number of nitrogens with zero attached hydrogens (tertiary/aromatic N) is 2. The Hall–Kier alpha value is -3.54. The minimum Gasteiger partial charge on any atom is -0.497 e. The molecule has 0 spiro atoms. The number of aromatic nitrogens is 1. The summed E-state index contributed by atoms with van der Waals surface area (Å²) >= 11 is 0. The predicted octanol–water partition coefficient (Wildman–Crippen LogP) is 4.43. The highest BCUT2D eigenvalue weighted by Gasteiger charge is 2.31. The first-order chi connectivity index (χ1) is 14.1. The van der Waals surface area contributed by atoms with Gasteiger partial charge in [-0.3, -0.25) is 4.79 Å². The Kier molecular flexibility index (Phi) is 5.08. The summed E-state index contributed by atoms with van der Waals surface area (Å²) in [5, 5.41) is 3.27. The molecule has 0 saturated heterocycles. The van der Waals surface area contributed by atoms with E-state index in [1.807, 2.05) is 41.3 Å². The van der Waals surface area contributed by atoms with Gasteiger partial charge in [-0.2, -0.15) is 0 Å². The molecule has 148 valence electrons. The van der Waals surface area contributed by atoms with Crippen molar-refractivity contribution in [1.29, 1.82) is 0 Å². The summed E-state index contributed by atoms with van der Waals surface area (Å²) in [7, 11) is 3.22. The van der Waals surface area contributed by atoms with Gasteiger partial charge in [0.1, 0.15) is 17.2 Å². The maximum absolute atomic E-state index is 13.1. The number of hydrogen-bond donors (Lipinski definition) is 1. The number of hydrogen-bond acceptors (Lipinski definition) is 5. The SMILES string of the molecule is COc1ccc(Nc2ccc(C(=O)N3c4ccccc4CC3C)nc2)c(OC)c1. The normalized spacial score (nSPS) is 15.0. The van der Waals surface area contributed by atoms with Crippen LogP contribution >= 0.6 is 0 Å². The summed E-state index contributed by atoms with van der Waals surface area (Å²) in [6, 6.07) is 17.3. The minimum atomic E-state index is -0.0870. The first-order valence-corrected chi connectivity index (χ1v) is 9.47. The van der Waals surface area contributed by atoms with E-state index in [1.165, 1.54) is 5.56 Å². The van der Waals surface area contributed by atoms with Crippen LogP contribution in [0.15, 0.2) is 60.8 Å². The molecule has 1 N–H and O–H groups in total. The van der Waals surface area contributed by atoms with Crippen molar-refractivity contribution in [2.45, 2.75) is 19.4 Å². The molecule has 0 radical (unpaired) electrons. The van der Waals surface area contributed by atoms with Gasteiger partial charge in [0.25, 0.3) is 5.91 Å². The number of nitrogens with one attached hydrogen (secondary N) is 1. The molecule has 1 aliphatic rings. The summed E-state index contributed by atoms with van der Waals surface area (Å²) in [5.41, 5.74) is 4.13. The van der Waals surface area contributed by atoms with E-state index in [0.29, 0.717) is 17.2 Å². The third-order valence-corrected chi connectivity index (χ3v) is 5.10. The van der Waals surface area contributed by atoms with Gasteiger partial charge in [0.15, 0.2) is 0 Å². The number of anilines is 3. The van der Waals surface area contributed by atoms with Crippen molar-refractivity contribution < 1.29 is 14.3 Å². The molecule has 4 rings (SSSR count). The number of carbonyl (C=O) groups excluding carboxylic acids is 1. The van der Waals surface area contributed by atoms with Crippen LogP contribution in [0.25, 0.3) is 0 Å². The smallest absolute Gasteiger partial charge is 0.277 e. The number of para-hydroxylation sites is 1. The second-order valence-electron chi connectivity index (χ2n) is 6.98. The van der Waals surface area contributed by atoms with Gasteiger partial charge in [-0.15, -0.1) is 0 Å². The van der Waals surface area contributed by atoms with Crippen LogP contribution in [0.4, 0.5) is 17.1 Å². The lowest BCUT2D eigenvalue weighted by atomic mass is 10.1. The van der Waals surface area contributed by atoms with Gasteiger partial charge < -0.3 is 19.7 Å². The highest BCUT2D eigenvalue weighted by Crippen LogP contribution is 2.34. The van der Waals surface area contributed by atoms with Crippen LogP contribution in [0.3, 0.4) is 0 Å². The molecule has 1 amide bonds. The maximum Gasteiger partial charge on any atom is 0.277 e. The topological polar surface area (TPSA) is 63.7 Å². The van der Waals surface area contributed by atoms with E-state index in [2.05, 4.69) is 23.3 Å². The molecule has 0 saturated carbocycles. The Morgan fingerprint density at radius 2 is 1.93 bits per heavy atom. The Morgan fingerprint density at radius 3 is 2.66 bits per heavy atom. The molecule has 6 heteroatoms. The number of amides is 1. The van der Waals surface area contributed by atoms with Crippen molar-refractivity contribution in [3.63, 3.8) is 0 Å². The zero-order valence-electron chi connectivity index (χ0n) is 16.7. The number of pyridine rings is 1. The van der Waals surface area contributed by atoms with Crippen molar-refractivity contribution in [2.24, 2.45) is 0 Å². The van der Waals surface area contributed by atoms with E-state index >= 15 is 0 Å². The summed E-state index contributed by atoms with van der Waals surface area (Å²) in [6.07, 6.45) is 2.52. The predicted molar refractivity (Wildman–Crippen MR) is 113 cm³/mol. The molecular formula is C23H23N3O3. The summed E-state index contributed by atoms with van der Waals surface area (Å²) in [4.78, 5) is 19.3. The Bertz CT molecular complexity index is 1030. The van der Waals surface area contributed by atoms with Crippen molar-refractivity contribution in [2.75, 3.05) is 24.4 Å². The van der Waals surface area contributed by atoms with E-state index in [1.54, 1.807) is 32.5 Å². The lowest BCUT2D eigenvalue weighted by Gasteiger charge is -2.22. The fourth-order valence-electron chi connectivity index (χ4n) is 3.65. The molecule has 1 aliphatic heterocycles. The van der Waals surface area contributed by atoms with Crippen LogP contribution in [0.1, 0.15) is 23.0 Å². The Labute approximate surface area is 170 Å². The van der Waals surface area contributed by atoms with Crippen LogP contribution in [-0.2, 0) is 6.42 Å². The molecule has 3 aromatic rings. The van der Waals surface area contributed by atoms with Gasteiger partial charge in [-0.1, -0.05) is 18.2 Å². The van der Waals surface area contributed by atoms with E-state index in [4.69, 9.17) is 9.47 Å². The van der Waals surface area contributed by atoms with Crippen LogP contribution in [-0.4, -0.2) is 31.2 Å². The largest absolute Gasteiger partial charge is 0.497 e. The van der Waals surface area contributed by atoms with E-state index < -0.39 is 0 Å². The van der Waals surface area contributed by atoms with E-state index in [0.717, 1.165) is 23.5 Å². The first kappa shape index (κ1) is 18.8. The second-order valence-corrected chi connectivity index (χ2v) is 6.98. The van der Waals surface area contributed by atoms with Crippen molar-refractivity contribution in [3.05, 3.63) is 72.1 Å². The summed E-state index contributed by atoms with van der Waals surface area (Å²) in [5.74, 6) is 1.29. The molecule has 1 atom stereocenters. The molecule has 0 fully saturated rings. The minimum absolute atomic E-state index is 0.0870. The zero-order chi connectivity index (χ0) is 20.4. The van der Waals surface area contributed by atoms with Crippen molar-refractivity contribution >= 4 is 23.0 Å². The third kappa shape index (κ3) is 3.61. The van der Waals surface area contributed by atoms with Crippen LogP contribution in [0.2, 0.25) is 0 Å². The van der Waals surface area contributed by atoms with E-state index in [9.17, 15) is 4.79 Å². The Morgan fingerprint density at radius 1 is 1.10 bits per heavy atom. The average molecular weight is 389 g/mol. The first-order valence-electron chi connectivity index (χ1n) is 9.47. The Balaban J connectivity index is 1.54. The highest BCUT2D eigenvalue weighted by molar-refractivity contribution is 6.06. The number of rotatable bonds is 5. The van der Waals surface area contributed by atoms with Gasteiger partial charge in [-0.05, 0) is 49.2 Å². The molecule has 0 bridgehead atoms. The van der Waals surface area contributed by atoms with Crippen LogP contribution < -0.4 is 19.7 Å². The van der Waals surface area contributed by atoms with Crippen molar-refractivity contribution in [3.8, 4) is 11.5 Å². The van der Waals surface area contributed by atoms with Crippen molar-refractivity contribution in [1.82, 2.24) is 4.98 Å². The van der Waals surface area contributed by atoms with E-state index in [-0.39, 0.29) is 11.9 Å². The molecule has 1 aromatic heterocycles. The van der Waals surface area contributed by atoms with Crippen LogP contribution in [0, 0.1) is 0 Å². The molecule has 0 aliphatic carbocycles. The quantitative estimate of drug-likeness (QED) is 0.699. The standard InChI is InChI=1S/C23H23N3O3/c1-15-12-16-6-4-5-7-21(16)26(15)23(27)20-10-8-17(14-24-20)25-19-11-9-18(28-2)13-22(19)29-3/h4-11,13-15,25H,12H2,1-3H3. The molecule has 6 nitrogen and oxygen atoms in total. The van der Waals surface area contributed by atoms with Gasteiger partial charge in [0.2, 0.25) is 0 Å². The average Bonchev–Trinajstić information content (AvgIpc) is 3.09. The molecule has 2 aromatic carbocycles. The molecule has 2 heterocycles. The number of benzene rings is 2. The third-order valence-electron chi connectivity index (χ3n) is 5.10. The second kappa shape index (κ2) is 7.83. The van der Waals surface area contributed by atoms with Gasteiger partial charge in [-0.25, -0.2) is 4.98 Å². The van der Waals surface area contributed by atoms with Gasteiger partial charge in [0.05, 0.1) is 31.8 Å². The number of methoxy groups -OCH3 is 2. The maximum atomic E-state index is 13.1. The van der Waals surface area contributed by atoms with Gasteiger partial charge >= 0.3 is 0 Å². The highest BCUT2D eigenvalue weighted by atomic mass is 16.5. The lowest BCUT2D eigenvalue weighted by molar-refractivity contribution is 0.0976. The molecule has 1 unspecified atom stereocenters. The fourth-order valence-corrected chi connectivity index (χ4v) is 3.65. The molecular weight excluding hydrogens is 366 g/mol. The number of ether oxygens (including phenoxy) is 2. The van der Waals surface area contributed by atoms with Crippen LogP contribution in [0.5, 0.6) is 11.5 Å². The fraction of sp³-hybridized carbons (Fsp3) is 0.217. The number of fused-ring (bicyclic) bond motifs is 1. The monoisotopic (exact) mass is 389 g/mol. The zero-order valence-corrected chi connectivity index (χ0v) is 16.7. The number of carbonyl (C=O) groups is 1. The summed E-state index contributed by atoms with van der Waals surface area (Å²) < 4.78 is 10.6. The molecule has 29 heavy (non-hydrogen) atoms. The summed E-state index contributed by atoms with van der Waals surface area (Å²) in [6.45, 7) is 2.06. The van der Waals surface area contributed by atoms with Gasteiger partial charge in [0, 0.05) is 17.8 Å².